The summed E-state index contributed by atoms with van der Waals surface area (Å²) in [5.74, 6) is 0.941. The Balaban J connectivity index is 1.77. The molecule has 3 nitrogen and oxygen atoms in total. The van der Waals surface area contributed by atoms with E-state index in [-0.39, 0.29) is 6.04 Å². The van der Waals surface area contributed by atoms with E-state index in [1.807, 2.05) is 23.1 Å². The van der Waals surface area contributed by atoms with Gasteiger partial charge in [0.2, 0.25) is 5.91 Å². The van der Waals surface area contributed by atoms with Crippen LogP contribution < -0.4 is 5.32 Å². The summed E-state index contributed by atoms with van der Waals surface area (Å²) in [7, 11) is 0. The lowest BCUT2D eigenvalue weighted by Crippen LogP contribution is -2.48. The van der Waals surface area contributed by atoms with E-state index in [0.29, 0.717) is 11.8 Å². The summed E-state index contributed by atoms with van der Waals surface area (Å²) in [6.45, 7) is 2.49. The summed E-state index contributed by atoms with van der Waals surface area (Å²) in [4.78, 5) is 14.4. The molecule has 0 radical (unpaired) electrons. The highest BCUT2D eigenvalue weighted by Gasteiger charge is 2.32. The van der Waals surface area contributed by atoms with Crippen LogP contribution in [0.5, 0.6) is 0 Å². The van der Waals surface area contributed by atoms with E-state index in [0.717, 1.165) is 36.6 Å². The zero-order valence-corrected chi connectivity index (χ0v) is 11.7. The number of nitrogens with one attached hydrogen (secondary N) is 1. The summed E-state index contributed by atoms with van der Waals surface area (Å²) >= 11 is 6.06. The smallest absolute Gasteiger partial charge is 0.223 e. The number of nitrogens with zero attached hydrogens (tertiary/aromatic N) is 1. The molecule has 1 unspecified atom stereocenters. The minimum Gasteiger partial charge on any atom is -0.333 e. The fourth-order valence-corrected chi connectivity index (χ4v) is 2.90. The number of hydrogen-bond acceptors (Lipinski definition) is 2. The van der Waals surface area contributed by atoms with E-state index in [1.165, 1.54) is 12.8 Å². The fourth-order valence-electron chi connectivity index (χ4n) is 2.70. The van der Waals surface area contributed by atoms with E-state index < -0.39 is 0 Å². The van der Waals surface area contributed by atoms with Gasteiger partial charge in [-0.05, 0) is 36.5 Å². The molecule has 1 aromatic carbocycles. The Morgan fingerprint density at radius 2 is 2.26 bits per heavy atom. The second-order valence-electron chi connectivity index (χ2n) is 5.51. The van der Waals surface area contributed by atoms with Crippen LogP contribution in [-0.2, 0) is 4.79 Å². The largest absolute Gasteiger partial charge is 0.333 e. The van der Waals surface area contributed by atoms with Gasteiger partial charge in [0.25, 0.3) is 0 Å². The molecule has 2 fully saturated rings. The average molecular weight is 279 g/mol. The van der Waals surface area contributed by atoms with E-state index in [4.69, 9.17) is 11.6 Å². The number of amides is 1. The molecule has 1 aromatic rings. The van der Waals surface area contributed by atoms with Crippen LogP contribution in [0.1, 0.15) is 30.9 Å². The number of hydrogen-bond donors (Lipinski definition) is 1. The van der Waals surface area contributed by atoms with Gasteiger partial charge in [0.05, 0.1) is 6.04 Å². The van der Waals surface area contributed by atoms with Gasteiger partial charge in [-0.25, -0.2) is 0 Å². The van der Waals surface area contributed by atoms with Crippen molar-refractivity contribution in [3.05, 3.63) is 34.9 Å². The molecule has 4 heteroatoms. The van der Waals surface area contributed by atoms with Crippen molar-refractivity contribution >= 4 is 17.5 Å². The summed E-state index contributed by atoms with van der Waals surface area (Å²) in [5.41, 5.74) is 1.13. The molecule has 1 N–H and O–H groups in total. The van der Waals surface area contributed by atoms with Crippen LogP contribution in [0.25, 0.3) is 0 Å². The number of rotatable bonds is 3. The van der Waals surface area contributed by atoms with E-state index in [2.05, 4.69) is 11.4 Å². The lowest BCUT2D eigenvalue weighted by molar-refractivity contribution is -0.134. The van der Waals surface area contributed by atoms with Crippen molar-refractivity contribution in [1.29, 1.82) is 0 Å². The van der Waals surface area contributed by atoms with E-state index in [9.17, 15) is 4.79 Å². The first-order chi connectivity index (χ1) is 9.24. The highest BCUT2D eigenvalue weighted by molar-refractivity contribution is 6.30. The van der Waals surface area contributed by atoms with Crippen LogP contribution >= 0.6 is 11.6 Å². The number of halogens is 1. The number of carbonyl (C=O) groups excluding carboxylic acids is 1. The highest BCUT2D eigenvalue weighted by atomic mass is 35.5. The van der Waals surface area contributed by atoms with Gasteiger partial charge in [-0.3, -0.25) is 4.79 Å². The molecule has 1 saturated carbocycles. The summed E-state index contributed by atoms with van der Waals surface area (Å²) in [5, 5.41) is 4.10. The van der Waals surface area contributed by atoms with Crippen molar-refractivity contribution in [1.82, 2.24) is 10.2 Å². The molecule has 1 heterocycles. The molecule has 1 atom stereocenters. The van der Waals surface area contributed by atoms with Crippen molar-refractivity contribution in [3.8, 4) is 0 Å². The number of benzene rings is 1. The predicted molar refractivity (Wildman–Crippen MR) is 76.1 cm³/mol. The minimum atomic E-state index is 0.124. The first-order valence-electron chi connectivity index (χ1n) is 6.99. The summed E-state index contributed by atoms with van der Waals surface area (Å²) in [6, 6.07) is 7.98. The Labute approximate surface area is 118 Å². The van der Waals surface area contributed by atoms with Crippen LogP contribution in [0.4, 0.5) is 0 Å². The Bertz CT molecular complexity index is 473. The molecule has 2 aliphatic rings. The monoisotopic (exact) mass is 278 g/mol. The van der Waals surface area contributed by atoms with Crippen LogP contribution in [0.3, 0.4) is 0 Å². The lowest BCUT2D eigenvalue weighted by atomic mass is 10.0. The van der Waals surface area contributed by atoms with Gasteiger partial charge in [-0.2, -0.15) is 0 Å². The predicted octanol–water partition coefficient (Wildman–Crippen LogP) is 2.61. The van der Waals surface area contributed by atoms with Gasteiger partial charge in [0.1, 0.15) is 0 Å². The Kier molecular flexibility index (Phi) is 3.76. The average Bonchev–Trinajstić information content (AvgIpc) is 3.23. The van der Waals surface area contributed by atoms with Gasteiger partial charge in [-0.1, -0.05) is 23.7 Å². The van der Waals surface area contributed by atoms with Crippen molar-refractivity contribution in [2.45, 2.75) is 25.3 Å². The van der Waals surface area contributed by atoms with Gasteiger partial charge in [0, 0.05) is 31.1 Å². The molecule has 1 saturated heterocycles. The van der Waals surface area contributed by atoms with Crippen LogP contribution in [0, 0.1) is 5.92 Å². The topological polar surface area (TPSA) is 32.3 Å². The molecular formula is C15H19ClN2O. The molecule has 0 aromatic heterocycles. The van der Waals surface area contributed by atoms with Crippen molar-refractivity contribution in [3.63, 3.8) is 0 Å². The maximum absolute atomic E-state index is 12.4. The minimum absolute atomic E-state index is 0.124. The second-order valence-corrected chi connectivity index (χ2v) is 5.95. The first kappa shape index (κ1) is 12.9. The second kappa shape index (κ2) is 5.51. The molecule has 0 spiro atoms. The molecular weight excluding hydrogens is 260 g/mol. The van der Waals surface area contributed by atoms with Gasteiger partial charge in [0.15, 0.2) is 0 Å². The SMILES string of the molecule is O=C(CC1CC1)N1CCNCC1c1cccc(Cl)c1. The van der Waals surface area contributed by atoms with Crippen LogP contribution in [-0.4, -0.2) is 30.4 Å². The molecule has 1 aliphatic heterocycles. The van der Waals surface area contributed by atoms with Gasteiger partial charge >= 0.3 is 0 Å². The first-order valence-corrected chi connectivity index (χ1v) is 7.37. The molecule has 1 amide bonds. The van der Waals surface area contributed by atoms with Crippen molar-refractivity contribution in [2.75, 3.05) is 19.6 Å². The molecule has 0 bridgehead atoms. The Morgan fingerprint density at radius 1 is 1.42 bits per heavy atom. The van der Waals surface area contributed by atoms with Crippen molar-refractivity contribution < 1.29 is 4.79 Å². The van der Waals surface area contributed by atoms with Crippen LogP contribution in [0.2, 0.25) is 5.02 Å². The Hall–Kier alpha value is -1.06. The number of carbonyl (C=O) groups is 1. The lowest BCUT2D eigenvalue weighted by Gasteiger charge is -2.36. The fraction of sp³-hybridized carbons (Fsp3) is 0.533. The Morgan fingerprint density at radius 3 is 3.00 bits per heavy atom. The third-order valence-corrected chi connectivity index (χ3v) is 4.19. The zero-order chi connectivity index (χ0) is 13.2. The maximum Gasteiger partial charge on any atom is 0.223 e. The molecule has 1 aliphatic carbocycles. The van der Waals surface area contributed by atoms with E-state index in [1.54, 1.807) is 0 Å². The summed E-state index contributed by atoms with van der Waals surface area (Å²) in [6.07, 6.45) is 3.16. The molecule has 102 valence electrons. The van der Waals surface area contributed by atoms with Crippen LogP contribution in [0.15, 0.2) is 24.3 Å². The van der Waals surface area contributed by atoms with Gasteiger partial charge in [-0.15, -0.1) is 0 Å². The van der Waals surface area contributed by atoms with Gasteiger partial charge < -0.3 is 10.2 Å². The number of piperazine rings is 1. The standard InChI is InChI=1S/C15H19ClN2O/c16-13-3-1-2-12(9-13)14-10-17-6-7-18(14)15(19)8-11-4-5-11/h1-3,9,11,14,17H,4-8,10H2. The maximum atomic E-state index is 12.4. The quantitative estimate of drug-likeness (QED) is 0.922. The van der Waals surface area contributed by atoms with E-state index >= 15 is 0 Å². The molecule has 19 heavy (non-hydrogen) atoms. The summed E-state index contributed by atoms with van der Waals surface area (Å²) < 4.78 is 0. The zero-order valence-electron chi connectivity index (χ0n) is 10.9. The molecule has 3 rings (SSSR count). The van der Waals surface area contributed by atoms with Crippen molar-refractivity contribution in [2.24, 2.45) is 5.92 Å². The third-order valence-electron chi connectivity index (χ3n) is 3.96. The third kappa shape index (κ3) is 3.10. The highest BCUT2D eigenvalue weighted by Crippen LogP contribution is 2.34. The normalized spacial score (nSPS) is 23.4.